The highest BCUT2D eigenvalue weighted by molar-refractivity contribution is 5.85. The van der Waals surface area contributed by atoms with Crippen LogP contribution in [0.15, 0.2) is 0 Å². The molecule has 1 aliphatic rings. The van der Waals surface area contributed by atoms with E-state index in [1.54, 1.807) is 25.6 Å². The Kier molecular flexibility index (Phi) is 8.16. The maximum absolute atomic E-state index is 13.3. The van der Waals surface area contributed by atoms with Crippen LogP contribution in [0, 0.1) is 13.8 Å². The Labute approximate surface area is 156 Å². The molecule has 0 aromatic carbocycles. The summed E-state index contributed by atoms with van der Waals surface area (Å²) in [5.74, 6) is -0.112. The largest absolute Gasteiger partial charge is 0.480 e. The minimum atomic E-state index is -4.40. The number of nitrogens with one attached hydrogen (secondary N) is 2. The van der Waals surface area contributed by atoms with Crippen LogP contribution in [0.25, 0.3) is 0 Å². The van der Waals surface area contributed by atoms with Gasteiger partial charge in [0, 0.05) is 39.8 Å². The van der Waals surface area contributed by atoms with E-state index in [0.717, 1.165) is 5.69 Å². The first kappa shape index (κ1) is 22.5. The number of hydrogen-bond donors (Lipinski definition) is 2. The van der Waals surface area contributed by atoms with Crippen LogP contribution < -0.4 is 15.4 Å². The second kappa shape index (κ2) is 9.43. The quantitative estimate of drug-likeness (QED) is 0.740. The minimum Gasteiger partial charge on any atom is -0.480 e. The van der Waals surface area contributed by atoms with Gasteiger partial charge in [0.1, 0.15) is 11.7 Å². The lowest BCUT2D eigenvalue weighted by Crippen LogP contribution is -2.57. The summed E-state index contributed by atoms with van der Waals surface area (Å²) in [6.07, 6.45) is -4.40. The Morgan fingerprint density at radius 1 is 1.35 bits per heavy atom. The van der Waals surface area contributed by atoms with Crippen LogP contribution in [0.4, 0.5) is 13.2 Å². The van der Waals surface area contributed by atoms with Gasteiger partial charge in [0.15, 0.2) is 12.4 Å². The molecule has 11 heteroatoms. The number of halogens is 4. The van der Waals surface area contributed by atoms with Crippen LogP contribution in [-0.2, 0) is 11.8 Å². The van der Waals surface area contributed by atoms with Crippen molar-refractivity contribution in [3.63, 3.8) is 0 Å². The molecule has 0 saturated carbocycles. The molecule has 0 aliphatic carbocycles. The third-order valence-corrected chi connectivity index (χ3v) is 4.25. The summed E-state index contributed by atoms with van der Waals surface area (Å²) in [6, 6.07) is -1.69. The number of aromatic nitrogens is 2. The smallest absolute Gasteiger partial charge is 0.405 e. The van der Waals surface area contributed by atoms with Gasteiger partial charge < -0.3 is 15.4 Å². The van der Waals surface area contributed by atoms with Gasteiger partial charge in [-0.05, 0) is 13.8 Å². The lowest BCUT2D eigenvalue weighted by molar-refractivity contribution is -0.184. The SMILES string of the molecule is Cc1nn(C)c(C)c1OCC(=O)NCC(N1CCNCC1)C(F)(F)F.Cl. The molecule has 1 aromatic heterocycles. The average molecular weight is 400 g/mol. The van der Waals surface area contributed by atoms with E-state index in [1.807, 2.05) is 0 Å². The minimum absolute atomic E-state index is 0. The van der Waals surface area contributed by atoms with Crippen molar-refractivity contribution in [1.82, 2.24) is 25.3 Å². The lowest BCUT2D eigenvalue weighted by Gasteiger charge is -2.35. The van der Waals surface area contributed by atoms with E-state index in [4.69, 9.17) is 4.74 Å². The van der Waals surface area contributed by atoms with Gasteiger partial charge in [0.05, 0.1) is 5.69 Å². The summed E-state index contributed by atoms with van der Waals surface area (Å²) < 4.78 is 46.8. The van der Waals surface area contributed by atoms with Gasteiger partial charge in [-0.15, -0.1) is 12.4 Å². The highest BCUT2D eigenvalue weighted by atomic mass is 35.5. The maximum Gasteiger partial charge on any atom is 0.405 e. The second-order valence-corrected chi connectivity index (χ2v) is 6.06. The fraction of sp³-hybridized carbons (Fsp3) is 0.733. The van der Waals surface area contributed by atoms with Gasteiger partial charge in [-0.1, -0.05) is 0 Å². The molecule has 2 N–H and O–H groups in total. The summed E-state index contributed by atoms with van der Waals surface area (Å²) in [7, 11) is 1.75. The molecule has 1 saturated heterocycles. The van der Waals surface area contributed by atoms with E-state index >= 15 is 0 Å². The first-order valence-electron chi connectivity index (χ1n) is 8.11. The number of alkyl halides is 3. The Morgan fingerprint density at radius 2 is 1.96 bits per heavy atom. The van der Waals surface area contributed by atoms with Gasteiger partial charge >= 0.3 is 6.18 Å². The van der Waals surface area contributed by atoms with Crippen molar-refractivity contribution >= 4 is 18.3 Å². The van der Waals surface area contributed by atoms with Crippen LogP contribution in [-0.4, -0.2) is 72.1 Å². The van der Waals surface area contributed by atoms with Gasteiger partial charge in [0.25, 0.3) is 5.91 Å². The van der Waals surface area contributed by atoms with Gasteiger partial charge in [-0.25, -0.2) is 0 Å². The number of ether oxygens (including phenoxy) is 1. The van der Waals surface area contributed by atoms with E-state index in [2.05, 4.69) is 15.7 Å². The van der Waals surface area contributed by atoms with E-state index in [-0.39, 0.29) is 19.0 Å². The molecule has 26 heavy (non-hydrogen) atoms. The van der Waals surface area contributed by atoms with Crippen molar-refractivity contribution in [3.05, 3.63) is 11.4 Å². The number of aryl methyl sites for hydroxylation is 2. The molecular formula is C15H25ClF3N5O2. The van der Waals surface area contributed by atoms with Crippen LogP contribution in [0.1, 0.15) is 11.4 Å². The predicted octanol–water partition coefficient (Wildman–Crippen LogP) is 0.790. The third-order valence-electron chi connectivity index (χ3n) is 4.25. The topological polar surface area (TPSA) is 71.4 Å². The Bertz CT molecular complexity index is 603. The van der Waals surface area contributed by atoms with Crippen molar-refractivity contribution in [2.45, 2.75) is 26.1 Å². The van der Waals surface area contributed by atoms with Crippen LogP contribution in [0.5, 0.6) is 5.75 Å². The zero-order valence-corrected chi connectivity index (χ0v) is 15.8. The highest BCUT2D eigenvalue weighted by Gasteiger charge is 2.43. The third kappa shape index (κ3) is 5.75. The van der Waals surface area contributed by atoms with Crippen LogP contribution >= 0.6 is 12.4 Å². The molecule has 0 spiro atoms. The first-order valence-corrected chi connectivity index (χ1v) is 8.11. The van der Waals surface area contributed by atoms with Gasteiger partial charge in [-0.2, -0.15) is 18.3 Å². The van der Waals surface area contributed by atoms with Crippen molar-refractivity contribution in [2.24, 2.45) is 7.05 Å². The Hall–Kier alpha value is -1.52. The lowest BCUT2D eigenvalue weighted by atomic mass is 10.2. The predicted molar refractivity (Wildman–Crippen MR) is 92.7 cm³/mol. The molecule has 1 aromatic rings. The van der Waals surface area contributed by atoms with Crippen molar-refractivity contribution in [1.29, 1.82) is 0 Å². The molecular weight excluding hydrogens is 375 g/mol. The fourth-order valence-electron chi connectivity index (χ4n) is 2.81. The molecule has 1 amide bonds. The highest BCUT2D eigenvalue weighted by Crippen LogP contribution is 2.25. The standard InChI is InChI=1S/C15H24F3N5O2.ClH/c1-10-14(11(2)22(3)21-10)25-9-13(24)20-8-12(15(16,17)18)23-6-4-19-5-7-23;/h12,19H,4-9H2,1-3H3,(H,20,24);1H. The molecule has 1 fully saturated rings. The molecule has 1 unspecified atom stereocenters. The van der Waals surface area contributed by atoms with E-state index in [1.165, 1.54) is 4.90 Å². The number of piperazine rings is 1. The maximum atomic E-state index is 13.3. The van der Waals surface area contributed by atoms with Crippen molar-refractivity contribution < 1.29 is 22.7 Å². The van der Waals surface area contributed by atoms with Crippen LogP contribution in [0.3, 0.4) is 0 Å². The Balaban J connectivity index is 0.00000338. The summed E-state index contributed by atoms with van der Waals surface area (Å²) in [5.41, 5.74) is 1.38. The summed E-state index contributed by atoms with van der Waals surface area (Å²) in [5, 5.41) is 9.50. The van der Waals surface area contributed by atoms with Gasteiger partial charge in [0.2, 0.25) is 0 Å². The van der Waals surface area contributed by atoms with Crippen molar-refractivity contribution in [3.8, 4) is 5.75 Å². The number of carbonyl (C=O) groups excluding carboxylic acids is 1. The number of hydrogen-bond acceptors (Lipinski definition) is 5. The molecule has 0 bridgehead atoms. The molecule has 150 valence electrons. The molecule has 2 rings (SSSR count). The molecule has 1 aliphatic heterocycles. The zero-order valence-electron chi connectivity index (χ0n) is 15.0. The summed E-state index contributed by atoms with van der Waals surface area (Å²) >= 11 is 0. The Morgan fingerprint density at radius 3 is 2.46 bits per heavy atom. The van der Waals surface area contributed by atoms with Crippen molar-refractivity contribution in [2.75, 3.05) is 39.3 Å². The second-order valence-electron chi connectivity index (χ2n) is 6.06. The monoisotopic (exact) mass is 399 g/mol. The number of nitrogens with zero attached hydrogens (tertiary/aromatic N) is 3. The normalized spacial score (nSPS) is 16.7. The summed E-state index contributed by atoms with van der Waals surface area (Å²) in [6.45, 7) is 4.29. The van der Waals surface area contributed by atoms with E-state index in [9.17, 15) is 18.0 Å². The fourth-order valence-corrected chi connectivity index (χ4v) is 2.81. The van der Waals surface area contributed by atoms with E-state index < -0.39 is 24.7 Å². The first-order chi connectivity index (χ1) is 11.7. The number of amides is 1. The molecule has 7 nitrogen and oxygen atoms in total. The average Bonchev–Trinajstić information content (AvgIpc) is 2.78. The number of rotatable bonds is 6. The van der Waals surface area contributed by atoms with Crippen LogP contribution in [0.2, 0.25) is 0 Å². The molecule has 2 heterocycles. The molecule has 1 atom stereocenters. The van der Waals surface area contributed by atoms with Gasteiger partial charge in [-0.3, -0.25) is 14.4 Å². The number of carbonyl (C=O) groups is 1. The molecule has 0 radical (unpaired) electrons. The zero-order chi connectivity index (χ0) is 18.6. The van der Waals surface area contributed by atoms with E-state index in [0.29, 0.717) is 37.6 Å². The summed E-state index contributed by atoms with van der Waals surface area (Å²) in [4.78, 5) is 13.2.